The van der Waals surface area contributed by atoms with E-state index in [-0.39, 0.29) is 11.4 Å². The molecule has 6 rings (SSSR count). The minimum Gasteiger partial charge on any atom is -0.496 e. The quantitative estimate of drug-likeness (QED) is 0.729. The van der Waals surface area contributed by atoms with Gasteiger partial charge in [-0.1, -0.05) is 33.8 Å². The molecule has 2 heterocycles. The normalized spacial score (nSPS) is 30.0. The summed E-state index contributed by atoms with van der Waals surface area (Å²) in [6.45, 7) is 10.1. The van der Waals surface area contributed by atoms with Crippen molar-refractivity contribution in [1.82, 2.24) is 9.88 Å². The van der Waals surface area contributed by atoms with Crippen molar-refractivity contribution in [1.29, 1.82) is 0 Å². The second-order valence-corrected chi connectivity index (χ2v) is 10.6. The van der Waals surface area contributed by atoms with Gasteiger partial charge < -0.3 is 14.6 Å². The van der Waals surface area contributed by atoms with Crippen LogP contribution in [-0.4, -0.2) is 35.0 Å². The number of benzene rings is 1. The lowest BCUT2D eigenvalue weighted by atomic mass is 9.39. The first-order valence-electron chi connectivity index (χ1n) is 11.3. The van der Waals surface area contributed by atoms with Crippen molar-refractivity contribution in [2.75, 3.05) is 13.7 Å². The first-order chi connectivity index (χ1) is 13.8. The maximum absolute atomic E-state index is 13.9. The van der Waals surface area contributed by atoms with Gasteiger partial charge in [0.1, 0.15) is 11.4 Å². The molecule has 0 radical (unpaired) electrons. The number of nitrogens with zero attached hydrogens (tertiary/aromatic N) is 1. The van der Waals surface area contributed by atoms with Crippen molar-refractivity contribution in [3.8, 4) is 5.75 Å². The van der Waals surface area contributed by atoms with Crippen LogP contribution in [0.1, 0.15) is 63.9 Å². The van der Waals surface area contributed by atoms with Crippen LogP contribution in [0.5, 0.6) is 5.75 Å². The number of H-pyrrole nitrogens is 1. The highest BCUT2D eigenvalue weighted by Gasteiger charge is 2.65. The fraction of sp³-hybridized carbons (Fsp3) is 0.640. The lowest BCUT2D eigenvalue weighted by Crippen LogP contribution is -2.56. The number of aromatic amines is 1. The first-order valence-corrected chi connectivity index (χ1v) is 11.3. The molecule has 1 aromatic carbocycles. The highest BCUT2D eigenvalue weighted by molar-refractivity contribution is 6.00. The first kappa shape index (κ1) is 19.0. The van der Waals surface area contributed by atoms with Gasteiger partial charge in [0.05, 0.1) is 7.11 Å². The van der Waals surface area contributed by atoms with Crippen molar-refractivity contribution < 1.29 is 9.53 Å². The van der Waals surface area contributed by atoms with Gasteiger partial charge in [0.15, 0.2) is 0 Å². The van der Waals surface area contributed by atoms with E-state index in [0.29, 0.717) is 28.9 Å². The predicted molar refractivity (Wildman–Crippen MR) is 116 cm³/mol. The van der Waals surface area contributed by atoms with E-state index in [4.69, 9.17) is 4.74 Å². The minimum atomic E-state index is -0.0709. The van der Waals surface area contributed by atoms with Gasteiger partial charge in [0.2, 0.25) is 0 Å². The van der Waals surface area contributed by atoms with E-state index in [9.17, 15) is 4.79 Å². The number of carbonyl (C=O) groups is 1. The van der Waals surface area contributed by atoms with E-state index >= 15 is 0 Å². The average molecular weight is 395 g/mol. The molecule has 156 valence electrons. The molecule has 29 heavy (non-hydrogen) atoms. The Morgan fingerprint density at radius 3 is 2.38 bits per heavy atom. The highest BCUT2D eigenvalue weighted by Crippen LogP contribution is 2.71. The molecule has 4 aliphatic rings. The van der Waals surface area contributed by atoms with E-state index in [1.54, 1.807) is 7.11 Å². The molecule has 2 aromatic rings. The summed E-state index contributed by atoms with van der Waals surface area (Å²) >= 11 is 0. The van der Waals surface area contributed by atoms with Gasteiger partial charge in [-0.2, -0.15) is 0 Å². The van der Waals surface area contributed by atoms with Crippen molar-refractivity contribution in [3.05, 3.63) is 30.0 Å². The number of rotatable bonds is 5. The number of carbonyl (C=O) groups excluding carboxylic acids is 1. The molecule has 1 unspecified atom stereocenters. The van der Waals surface area contributed by atoms with Crippen molar-refractivity contribution in [2.24, 2.45) is 29.1 Å². The molecular formula is C25H34N2O2. The molecule has 2 bridgehead atoms. The van der Waals surface area contributed by atoms with Crippen LogP contribution in [-0.2, 0) is 0 Å². The van der Waals surface area contributed by atoms with E-state index in [0.717, 1.165) is 35.5 Å². The molecule has 0 spiro atoms. The van der Waals surface area contributed by atoms with E-state index in [1.165, 1.54) is 19.3 Å². The summed E-state index contributed by atoms with van der Waals surface area (Å²) < 4.78 is 5.51. The van der Waals surface area contributed by atoms with Crippen LogP contribution in [0.4, 0.5) is 0 Å². The van der Waals surface area contributed by atoms with Gasteiger partial charge in [-0.3, -0.25) is 4.79 Å². The molecule has 4 heteroatoms. The van der Waals surface area contributed by atoms with Crippen LogP contribution >= 0.6 is 0 Å². The number of likely N-dealkylation sites (tertiary alicyclic amines) is 1. The monoisotopic (exact) mass is 394 g/mol. The third kappa shape index (κ3) is 2.47. The van der Waals surface area contributed by atoms with Gasteiger partial charge in [0, 0.05) is 23.0 Å². The summed E-state index contributed by atoms with van der Waals surface area (Å²) in [4.78, 5) is 19.5. The number of hydrogen-bond acceptors (Lipinski definition) is 2. The van der Waals surface area contributed by atoms with E-state index in [2.05, 4.69) is 37.6 Å². The number of hydrogen-bond donors (Lipinski definition) is 1. The van der Waals surface area contributed by atoms with Gasteiger partial charge in [-0.05, 0) is 73.0 Å². The zero-order chi connectivity index (χ0) is 20.6. The second kappa shape index (κ2) is 6.26. The smallest absolute Gasteiger partial charge is 0.270 e. The fourth-order valence-corrected chi connectivity index (χ4v) is 7.01. The number of amides is 1. The highest BCUT2D eigenvalue weighted by atomic mass is 16.5. The van der Waals surface area contributed by atoms with Crippen LogP contribution in [0.15, 0.2) is 24.3 Å². The zero-order valence-corrected chi connectivity index (χ0v) is 18.4. The zero-order valence-electron chi connectivity index (χ0n) is 18.4. The summed E-state index contributed by atoms with van der Waals surface area (Å²) in [6, 6.07) is 7.91. The maximum atomic E-state index is 13.9. The Morgan fingerprint density at radius 2 is 1.83 bits per heavy atom. The molecule has 1 saturated heterocycles. The van der Waals surface area contributed by atoms with E-state index in [1.807, 2.05) is 24.3 Å². The van der Waals surface area contributed by atoms with Crippen molar-refractivity contribution >= 4 is 16.8 Å². The Kier molecular flexibility index (Phi) is 4.11. The number of ether oxygens (including phenoxy) is 1. The molecule has 1 N–H and O–H groups in total. The lowest BCUT2D eigenvalue weighted by molar-refractivity contribution is -0.148. The number of methoxy groups -OCH3 is 1. The molecule has 1 aromatic heterocycles. The predicted octanol–water partition coefficient (Wildman–Crippen LogP) is 5.49. The molecule has 1 atom stereocenters. The van der Waals surface area contributed by atoms with Gasteiger partial charge in [0.25, 0.3) is 5.91 Å². The molecule has 4 nitrogen and oxygen atoms in total. The van der Waals surface area contributed by atoms with Crippen LogP contribution in [0.3, 0.4) is 0 Å². The molecule has 3 aliphatic carbocycles. The SMILES string of the molecule is COc1cccc2[nH]c(C(=O)N3CC(C45CC(C4)C5)CC3(C(C)C)C(C)C)cc12. The number of nitrogens with one attached hydrogen (secondary N) is 1. The van der Waals surface area contributed by atoms with Crippen LogP contribution in [0.25, 0.3) is 10.9 Å². The summed E-state index contributed by atoms with van der Waals surface area (Å²) in [5.41, 5.74) is 2.12. The minimum absolute atomic E-state index is 0.0709. The largest absolute Gasteiger partial charge is 0.496 e. The second-order valence-electron chi connectivity index (χ2n) is 10.6. The average Bonchev–Trinajstić information content (AvgIpc) is 3.20. The van der Waals surface area contributed by atoms with Crippen LogP contribution in [0.2, 0.25) is 0 Å². The molecule has 1 amide bonds. The standard InChI is InChI=1S/C25H34N2O2/c1-15(2)25(16(3)4)13-18(24-10-17(11-24)12-24)14-27(25)23(28)21-9-19-20(26-21)7-6-8-22(19)29-5/h6-9,15-18,26H,10-14H2,1-5H3. The fourth-order valence-electron chi connectivity index (χ4n) is 7.01. The summed E-state index contributed by atoms with van der Waals surface area (Å²) in [5.74, 6) is 3.46. The number of aromatic nitrogens is 1. The van der Waals surface area contributed by atoms with Crippen molar-refractivity contribution in [3.63, 3.8) is 0 Å². The summed E-state index contributed by atoms with van der Waals surface area (Å²) in [5, 5.41) is 0.980. The molecule has 3 saturated carbocycles. The lowest BCUT2D eigenvalue weighted by Gasteiger charge is -2.65. The van der Waals surface area contributed by atoms with Gasteiger partial charge in [-0.25, -0.2) is 0 Å². The maximum Gasteiger partial charge on any atom is 0.270 e. The van der Waals surface area contributed by atoms with Gasteiger partial charge in [-0.15, -0.1) is 0 Å². The topological polar surface area (TPSA) is 45.3 Å². The van der Waals surface area contributed by atoms with Gasteiger partial charge >= 0.3 is 0 Å². The Hall–Kier alpha value is -1.97. The Morgan fingerprint density at radius 1 is 1.14 bits per heavy atom. The third-order valence-corrected chi connectivity index (χ3v) is 8.75. The molecule has 4 fully saturated rings. The third-order valence-electron chi connectivity index (χ3n) is 8.75. The van der Waals surface area contributed by atoms with E-state index < -0.39 is 0 Å². The molecule has 1 aliphatic heterocycles. The van der Waals surface area contributed by atoms with Crippen LogP contribution in [0, 0.1) is 29.1 Å². The van der Waals surface area contributed by atoms with Crippen molar-refractivity contribution in [2.45, 2.75) is 58.9 Å². The number of fused-ring (bicyclic) bond motifs is 1. The Bertz CT molecular complexity index is 932. The Balaban J connectivity index is 1.53. The summed E-state index contributed by atoms with van der Waals surface area (Å²) in [6.07, 6.45) is 5.35. The van der Waals surface area contributed by atoms with Crippen LogP contribution < -0.4 is 4.74 Å². The summed E-state index contributed by atoms with van der Waals surface area (Å²) in [7, 11) is 1.68. The Labute approximate surface area is 174 Å². The molecular weight excluding hydrogens is 360 g/mol.